The Morgan fingerprint density at radius 2 is 1.74 bits per heavy atom. The van der Waals surface area contributed by atoms with Crippen LogP contribution in [0, 0.1) is 6.92 Å². The molecule has 4 nitrogen and oxygen atoms in total. The van der Waals surface area contributed by atoms with Crippen molar-refractivity contribution in [3.63, 3.8) is 0 Å². The standard InChI is InChI=1S/C19H20N2O2/c1-4-20-21(17-10-12-18(23-3)13-11-17)19(22)14-9-16-7-5-15(2)6-8-16/h4-14H,1-3H3. The first-order valence-corrected chi connectivity index (χ1v) is 7.35. The van der Waals surface area contributed by atoms with Crippen LogP contribution in [0.25, 0.3) is 6.08 Å². The zero-order valence-electron chi connectivity index (χ0n) is 13.6. The van der Waals surface area contributed by atoms with Crippen molar-refractivity contribution < 1.29 is 9.53 Å². The number of hydrazone groups is 1. The van der Waals surface area contributed by atoms with Gasteiger partial charge in [-0.1, -0.05) is 29.8 Å². The summed E-state index contributed by atoms with van der Waals surface area (Å²) in [5, 5.41) is 5.49. The molecule has 1 amide bonds. The van der Waals surface area contributed by atoms with Gasteiger partial charge in [-0.25, -0.2) is 0 Å². The summed E-state index contributed by atoms with van der Waals surface area (Å²) in [7, 11) is 1.60. The number of amides is 1. The maximum absolute atomic E-state index is 12.4. The number of benzene rings is 2. The molecule has 2 aromatic carbocycles. The van der Waals surface area contributed by atoms with Gasteiger partial charge in [0.05, 0.1) is 12.8 Å². The molecule has 0 spiro atoms. The van der Waals surface area contributed by atoms with Gasteiger partial charge in [0.2, 0.25) is 0 Å². The van der Waals surface area contributed by atoms with Gasteiger partial charge in [-0.05, 0) is 49.8 Å². The van der Waals surface area contributed by atoms with Gasteiger partial charge in [0, 0.05) is 12.3 Å². The molecule has 0 saturated carbocycles. The first-order valence-electron chi connectivity index (χ1n) is 7.35. The lowest BCUT2D eigenvalue weighted by molar-refractivity contribution is -0.114. The summed E-state index contributed by atoms with van der Waals surface area (Å²) in [6, 6.07) is 15.1. The Morgan fingerprint density at radius 1 is 1.09 bits per heavy atom. The lowest BCUT2D eigenvalue weighted by atomic mass is 10.1. The number of nitrogens with zero attached hydrogens (tertiary/aromatic N) is 2. The third-order valence-corrected chi connectivity index (χ3v) is 3.25. The summed E-state index contributed by atoms with van der Waals surface area (Å²) in [6.45, 7) is 3.80. The number of methoxy groups -OCH3 is 1. The second-order valence-corrected chi connectivity index (χ2v) is 4.97. The minimum Gasteiger partial charge on any atom is -0.497 e. The zero-order chi connectivity index (χ0) is 16.7. The van der Waals surface area contributed by atoms with Crippen molar-refractivity contribution >= 4 is 23.9 Å². The van der Waals surface area contributed by atoms with Crippen molar-refractivity contribution in [2.24, 2.45) is 5.10 Å². The van der Waals surface area contributed by atoms with E-state index in [1.54, 1.807) is 50.6 Å². The van der Waals surface area contributed by atoms with Crippen molar-refractivity contribution in [3.05, 3.63) is 65.7 Å². The van der Waals surface area contributed by atoms with Gasteiger partial charge in [0.1, 0.15) is 5.75 Å². The Labute approximate surface area is 136 Å². The molecule has 0 N–H and O–H groups in total. The molecule has 0 unspecified atom stereocenters. The van der Waals surface area contributed by atoms with Gasteiger partial charge >= 0.3 is 0 Å². The Morgan fingerprint density at radius 3 is 2.30 bits per heavy atom. The SMILES string of the molecule is CC=NN(C(=O)C=Cc1ccc(C)cc1)c1ccc(OC)cc1. The quantitative estimate of drug-likeness (QED) is 0.475. The molecule has 2 rings (SSSR count). The highest BCUT2D eigenvalue weighted by molar-refractivity contribution is 6.03. The molecule has 0 atom stereocenters. The minimum absolute atomic E-state index is 0.214. The molecule has 0 saturated heterocycles. The number of anilines is 1. The van der Waals surface area contributed by atoms with Crippen LogP contribution in [-0.4, -0.2) is 19.2 Å². The van der Waals surface area contributed by atoms with E-state index in [0.717, 1.165) is 11.3 Å². The summed E-state index contributed by atoms with van der Waals surface area (Å²) in [5.74, 6) is 0.519. The van der Waals surface area contributed by atoms with Gasteiger partial charge in [0.25, 0.3) is 5.91 Å². The summed E-state index contributed by atoms with van der Waals surface area (Å²) in [4.78, 5) is 12.4. The van der Waals surface area contributed by atoms with E-state index >= 15 is 0 Å². The second kappa shape index (κ2) is 7.94. The highest BCUT2D eigenvalue weighted by atomic mass is 16.5. The molecule has 0 radical (unpaired) electrons. The van der Waals surface area contributed by atoms with Crippen LogP contribution in [0.5, 0.6) is 5.75 Å². The van der Waals surface area contributed by atoms with E-state index in [9.17, 15) is 4.79 Å². The normalized spacial score (nSPS) is 11.1. The molecule has 118 valence electrons. The van der Waals surface area contributed by atoms with E-state index in [0.29, 0.717) is 5.69 Å². The number of hydrogen-bond donors (Lipinski definition) is 0. The van der Waals surface area contributed by atoms with Crippen LogP contribution in [0.4, 0.5) is 5.69 Å². The molecule has 0 aliphatic carbocycles. The molecule has 2 aromatic rings. The van der Waals surface area contributed by atoms with E-state index in [1.165, 1.54) is 16.6 Å². The average molecular weight is 308 g/mol. The van der Waals surface area contributed by atoms with E-state index in [1.807, 2.05) is 31.2 Å². The van der Waals surface area contributed by atoms with Crippen molar-refractivity contribution in [2.45, 2.75) is 13.8 Å². The van der Waals surface area contributed by atoms with E-state index in [4.69, 9.17) is 4.74 Å². The maximum Gasteiger partial charge on any atom is 0.271 e. The summed E-state index contributed by atoms with van der Waals surface area (Å²) >= 11 is 0. The maximum atomic E-state index is 12.4. The van der Waals surface area contributed by atoms with Gasteiger partial charge in [0.15, 0.2) is 0 Å². The molecule has 0 aliphatic heterocycles. The fourth-order valence-corrected chi connectivity index (χ4v) is 2.01. The monoisotopic (exact) mass is 308 g/mol. The van der Waals surface area contributed by atoms with Crippen LogP contribution in [0.3, 0.4) is 0 Å². The molecule has 0 fully saturated rings. The first kappa shape index (κ1) is 16.5. The Kier molecular flexibility index (Phi) is 5.69. The Hall–Kier alpha value is -2.88. The van der Waals surface area contributed by atoms with Gasteiger partial charge in [-0.2, -0.15) is 10.1 Å². The lowest BCUT2D eigenvalue weighted by Crippen LogP contribution is -2.23. The second-order valence-electron chi connectivity index (χ2n) is 4.97. The molecular formula is C19H20N2O2. The fourth-order valence-electron chi connectivity index (χ4n) is 2.01. The highest BCUT2D eigenvalue weighted by Gasteiger charge is 2.11. The van der Waals surface area contributed by atoms with Crippen molar-refractivity contribution in [3.8, 4) is 5.75 Å². The largest absolute Gasteiger partial charge is 0.497 e. The molecule has 0 aromatic heterocycles. The molecule has 0 aliphatic rings. The number of carbonyl (C=O) groups excluding carboxylic acids is 1. The van der Waals surface area contributed by atoms with Crippen molar-refractivity contribution in [1.29, 1.82) is 0 Å². The van der Waals surface area contributed by atoms with Crippen LogP contribution >= 0.6 is 0 Å². The predicted octanol–water partition coefficient (Wildman–Crippen LogP) is 4.06. The van der Waals surface area contributed by atoms with Gasteiger partial charge in [-0.15, -0.1) is 0 Å². The third-order valence-electron chi connectivity index (χ3n) is 3.25. The predicted molar refractivity (Wildman–Crippen MR) is 94.9 cm³/mol. The number of rotatable bonds is 5. The van der Waals surface area contributed by atoms with Gasteiger partial charge < -0.3 is 4.74 Å². The summed E-state index contributed by atoms with van der Waals surface area (Å²) in [5.41, 5.74) is 2.84. The van der Waals surface area contributed by atoms with Crippen LogP contribution in [0.15, 0.2) is 59.7 Å². The van der Waals surface area contributed by atoms with Crippen LogP contribution in [0.1, 0.15) is 18.1 Å². The third kappa shape index (κ3) is 4.54. The Bertz CT molecular complexity index is 701. The molecule has 0 heterocycles. The number of hydrogen-bond acceptors (Lipinski definition) is 3. The van der Waals surface area contributed by atoms with Crippen LogP contribution in [-0.2, 0) is 4.79 Å². The first-order chi connectivity index (χ1) is 11.1. The van der Waals surface area contributed by atoms with Gasteiger partial charge in [-0.3, -0.25) is 4.79 Å². The number of ether oxygens (including phenoxy) is 1. The number of carbonyl (C=O) groups is 1. The van der Waals surface area contributed by atoms with Crippen LogP contribution < -0.4 is 9.75 Å². The smallest absolute Gasteiger partial charge is 0.271 e. The molecule has 0 bridgehead atoms. The van der Waals surface area contributed by atoms with Crippen LogP contribution in [0.2, 0.25) is 0 Å². The highest BCUT2D eigenvalue weighted by Crippen LogP contribution is 2.20. The van der Waals surface area contributed by atoms with Crippen molar-refractivity contribution in [1.82, 2.24) is 0 Å². The fraction of sp³-hybridized carbons (Fsp3) is 0.158. The summed E-state index contributed by atoms with van der Waals surface area (Å²) < 4.78 is 5.13. The van der Waals surface area contributed by atoms with Crippen molar-refractivity contribution in [2.75, 3.05) is 12.1 Å². The zero-order valence-corrected chi connectivity index (χ0v) is 13.6. The minimum atomic E-state index is -0.214. The Balaban J connectivity index is 2.18. The molecule has 23 heavy (non-hydrogen) atoms. The van der Waals surface area contributed by atoms with E-state index in [2.05, 4.69) is 5.10 Å². The molecule has 4 heteroatoms. The molecular weight excluding hydrogens is 288 g/mol. The topological polar surface area (TPSA) is 41.9 Å². The van der Waals surface area contributed by atoms with E-state index in [-0.39, 0.29) is 5.91 Å². The average Bonchev–Trinajstić information content (AvgIpc) is 2.59. The summed E-state index contributed by atoms with van der Waals surface area (Å²) in [6.07, 6.45) is 4.88. The number of aryl methyl sites for hydroxylation is 1. The van der Waals surface area contributed by atoms with E-state index < -0.39 is 0 Å². The lowest BCUT2D eigenvalue weighted by Gasteiger charge is -2.15.